The SMILES string of the molecule is c1ccc(-c2cc(-c3ccc(-c4c5ccccc5c(-c5cccc(-c6cnc7ccccc7c6)c5)c5ccccc45)cc3)c(-c3ccccc3)c(-c3ccccc3)c2-c2ccccc2)cc1. The topological polar surface area (TPSA) is 12.9 Å². The summed E-state index contributed by atoms with van der Waals surface area (Å²) in [6, 6.07) is 92.7. The van der Waals surface area contributed by atoms with Crippen LogP contribution in [0.5, 0.6) is 0 Å². The molecule has 1 aromatic heterocycles. The van der Waals surface area contributed by atoms with Crippen molar-refractivity contribution in [1.29, 1.82) is 0 Å². The Kier molecular flexibility index (Phi) is 9.93. The van der Waals surface area contributed by atoms with Gasteiger partial charge in [0.1, 0.15) is 0 Å². The molecule has 1 nitrogen and oxygen atoms in total. The molecule has 1 heterocycles. The Bertz CT molecular complexity index is 3650. The molecule has 66 heavy (non-hydrogen) atoms. The van der Waals surface area contributed by atoms with Gasteiger partial charge in [-0.1, -0.05) is 231 Å². The maximum Gasteiger partial charge on any atom is 0.0702 e. The van der Waals surface area contributed by atoms with Crippen LogP contribution < -0.4 is 0 Å². The summed E-state index contributed by atoms with van der Waals surface area (Å²) in [7, 11) is 0. The fourth-order valence-electron chi connectivity index (χ4n) is 10.1. The van der Waals surface area contributed by atoms with Gasteiger partial charge in [0.15, 0.2) is 0 Å². The first-order chi connectivity index (χ1) is 32.8. The molecule has 308 valence electrons. The summed E-state index contributed by atoms with van der Waals surface area (Å²) in [5.41, 5.74) is 20.1. The molecule has 0 saturated heterocycles. The van der Waals surface area contributed by atoms with Crippen molar-refractivity contribution in [3.05, 3.63) is 261 Å². The lowest BCUT2D eigenvalue weighted by molar-refractivity contribution is 1.41. The van der Waals surface area contributed by atoms with Crippen LogP contribution >= 0.6 is 0 Å². The van der Waals surface area contributed by atoms with Crippen LogP contribution in [0.3, 0.4) is 0 Å². The Morgan fingerprint density at radius 1 is 0.212 bits per heavy atom. The third kappa shape index (κ3) is 6.95. The average molecular weight is 838 g/mol. The zero-order valence-corrected chi connectivity index (χ0v) is 36.3. The molecule has 0 spiro atoms. The van der Waals surface area contributed by atoms with E-state index in [0.717, 1.165) is 27.6 Å². The molecule has 0 N–H and O–H groups in total. The van der Waals surface area contributed by atoms with E-state index >= 15 is 0 Å². The van der Waals surface area contributed by atoms with Gasteiger partial charge in [-0.05, 0) is 129 Å². The Morgan fingerprint density at radius 3 is 1.14 bits per heavy atom. The van der Waals surface area contributed by atoms with Gasteiger partial charge in [0.25, 0.3) is 0 Å². The van der Waals surface area contributed by atoms with Crippen molar-refractivity contribution in [2.24, 2.45) is 0 Å². The summed E-state index contributed by atoms with van der Waals surface area (Å²) in [5.74, 6) is 0. The van der Waals surface area contributed by atoms with E-state index < -0.39 is 0 Å². The summed E-state index contributed by atoms with van der Waals surface area (Å²) in [6.07, 6.45) is 2.00. The molecule has 0 bridgehead atoms. The number of rotatable bonds is 8. The molecule has 0 radical (unpaired) electrons. The van der Waals surface area contributed by atoms with E-state index in [-0.39, 0.29) is 0 Å². The molecule has 12 aromatic rings. The van der Waals surface area contributed by atoms with Crippen molar-refractivity contribution in [2.75, 3.05) is 0 Å². The lowest BCUT2D eigenvalue weighted by Gasteiger charge is -2.24. The van der Waals surface area contributed by atoms with E-state index in [1.807, 2.05) is 12.3 Å². The van der Waals surface area contributed by atoms with E-state index in [1.54, 1.807) is 0 Å². The fraction of sp³-hybridized carbons (Fsp3) is 0. The van der Waals surface area contributed by atoms with Crippen molar-refractivity contribution < 1.29 is 0 Å². The summed E-state index contributed by atoms with van der Waals surface area (Å²) in [4.78, 5) is 4.80. The molecule has 11 aromatic carbocycles. The largest absolute Gasteiger partial charge is 0.256 e. The summed E-state index contributed by atoms with van der Waals surface area (Å²) < 4.78 is 0. The minimum Gasteiger partial charge on any atom is -0.256 e. The second kappa shape index (κ2) is 16.8. The zero-order chi connectivity index (χ0) is 43.8. The predicted molar refractivity (Wildman–Crippen MR) is 280 cm³/mol. The molecule has 0 amide bonds. The molecule has 0 fully saturated rings. The number of para-hydroxylation sites is 1. The van der Waals surface area contributed by atoms with Gasteiger partial charge < -0.3 is 0 Å². The van der Waals surface area contributed by atoms with Crippen LogP contribution in [-0.4, -0.2) is 4.98 Å². The maximum atomic E-state index is 4.80. The smallest absolute Gasteiger partial charge is 0.0702 e. The molecule has 0 saturated carbocycles. The molecule has 0 atom stereocenters. The average Bonchev–Trinajstić information content (AvgIpc) is 3.40. The van der Waals surface area contributed by atoms with Crippen LogP contribution in [0.4, 0.5) is 0 Å². The molecular formula is C65H43N. The van der Waals surface area contributed by atoms with Crippen molar-refractivity contribution in [1.82, 2.24) is 4.98 Å². The summed E-state index contributed by atoms with van der Waals surface area (Å²) in [6.45, 7) is 0. The standard InChI is InChI=1S/C65H43N/c1-5-20-44(21-6-1)58-42-59(64(47-24-9-3-10-25-47)65(48-26-11-4-12-27-48)63(58)46-22-7-2-8-23-46)45-36-38-49(39-37-45)61-54-31-14-16-33-56(54)62(57-34-17-15-32-55(57)61)52-30-19-29-50(40-52)53-41-51-28-13-18-35-60(51)66-43-53/h1-43H. The van der Waals surface area contributed by atoms with Gasteiger partial charge in [-0.3, -0.25) is 4.98 Å². The highest BCUT2D eigenvalue weighted by molar-refractivity contribution is 6.21. The van der Waals surface area contributed by atoms with E-state index in [4.69, 9.17) is 4.98 Å². The Morgan fingerprint density at radius 2 is 0.591 bits per heavy atom. The highest BCUT2D eigenvalue weighted by atomic mass is 14.6. The van der Waals surface area contributed by atoms with Gasteiger partial charge in [0, 0.05) is 17.1 Å². The number of hydrogen-bond acceptors (Lipinski definition) is 1. The number of benzene rings is 11. The molecule has 1 heteroatoms. The number of aromatic nitrogens is 1. The first-order valence-electron chi connectivity index (χ1n) is 22.7. The van der Waals surface area contributed by atoms with Crippen molar-refractivity contribution >= 4 is 32.4 Å². The second-order valence-corrected chi connectivity index (χ2v) is 17.0. The molecule has 0 aliphatic rings. The lowest BCUT2D eigenvalue weighted by Crippen LogP contribution is -1.98. The number of fused-ring (bicyclic) bond motifs is 3. The van der Waals surface area contributed by atoms with Crippen molar-refractivity contribution in [3.8, 4) is 89.0 Å². The Balaban J connectivity index is 1.06. The van der Waals surface area contributed by atoms with Gasteiger partial charge in [-0.15, -0.1) is 0 Å². The van der Waals surface area contributed by atoms with E-state index in [1.165, 1.54) is 93.9 Å². The minimum atomic E-state index is 1.00. The van der Waals surface area contributed by atoms with Gasteiger partial charge in [0.05, 0.1) is 5.52 Å². The van der Waals surface area contributed by atoms with E-state index in [0.29, 0.717) is 0 Å². The monoisotopic (exact) mass is 837 g/mol. The third-order valence-electron chi connectivity index (χ3n) is 13.1. The maximum absolute atomic E-state index is 4.80. The normalized spacial score (nSPS) is 11.3. The van der Waals surface area contributed by atoms with Crippen LogP contribution in [0.25, 0.3) is 121 Å². The van der Waals surface area contributed by atoms with Crippen LogP contribution in [-0.2, 0) is 0 Å². The zero-order valence-electron chi connectivity index (χ0n) is 36.3. The first-order valence-corrected chi connectivity index (χ1v) is 22.7. The van der Waals surface area contributed by atoms with Gasteiger partial charge in [-0.25, -0.2) is 0 Å². The minimum absolute atomic E-state index is 1.00. The quantitative estimate of drug-likeness (QED) is 0.139. The van der Waals surface area contributed by atoms with Crippen LogP contribution in [0.2, 0.25) is 0 Å². The van der Waals surface area contributed by atoms with Crippen LogP contribution in [0, 0.1) is 0 Å². The highest BCUT2D eigenvalue weighted by Crippen LogP contribution is 2.51. The van der Waals surface area contributed by atoms with Crippen LogP contribution in [0.1, 0.15) is 0 Å². The first kappa shape index (κ1) is 39.0. The summed E-state index contributed by atoms with van der Waals surface area (Å²) >= 11 is 0. The fourth-order valence-corrected chi connectivity index (χ4v) is 10.1. The van der Waals surface area contributed by atoms with Gasteiger partial charge >= 0.3 is 0 Å². The van der Waals surface area contributed by atoms with Crippen molar-refractivity contribution in [2.45, 2.75) is 0 Å². The van der Waals surface area contributed by atoms with Gasteiger partial charge in [0.2, 0.25) is 0 Å². The third-order valence-corrected chi connectivity index (χ3v) is 13.1. The number of pyridine rings is 1. The number of nitrogens with zero attached hydrogens (tertiary/aromatic N) is 1. The molecule has 0 aliphatic carbocycles. The van der Waals surface area contributed by atoms with Crippen LogP contribution in [0.15, 0.2) is 261 Å². The Labute approximate surface area is 385 Å². The molecule has 0 aliphatic heterocycles. The Hall–Kier alpha value is -8.65. The highest BCUT2D eigenvalue weighted by Gasteiger charge is 2.24. The molecule has 0 unspecified atom stereocenters. The second-order valence-electron chi connectivity index (χ2n) is 17.0. The van der Waals surface area contributed by atoms with E-state index in [9.17, 15) is 0 Å². The lowest BCUT2D eigenvalue weighted by atomic mass is 9.78. The molecular weight excluding hydrogens is 795 g/mol. The van der Waals surface area contributed by atoms with Crippen molar-refractivity contribution in [3.63, 3.8) is 0 Å². The predicted octanol–water partition coefficient (Wildman–Crippen LogP) is 17.9. The van der Waals surface area contributed by atoms with E-state index in [2.05, 4.69) is 249 Å². The number of hydrogen-bond donors (Lipinski definition) is 0. The summed E-state index contributed by atoms with van der Waals surface area (Å²) in [5, 5.41) is 6.05. The van der Waals surface area contributed by atoms with Gasteiger partial charge in [-0.2, -0.15) is 0 Å². The molecule has 12 rings (SSSR count).